The van der Waals surface area contributed by atoms with Crippen LogP contribution in [0.5, 0.6) is 0 Å². The van der Waals surface area contributed by atoms with Crippen LogP contribution in [0, 0.1) is 0 Å². The standard InChI is InChI=1S/C18H22N2O/c1-14(11-15-5-3-2-4-6-15)20-18(21)12-16-7-9-17(13-19)10-8-16/h2-10,14H,11-13,19H2,1H3,(H,20,21). The second kappa shape index (κ2) is 7.60. The molecule has 0 spiro atoms. The third-order valence-corrected chi connectivity index (χ3v) is 3.42. The van der Waals surface area contributed by atoms with E-state index in [1.54, 1.807) is 0 Å². The Labute approximate surface area is 126 Å². The molecular weight excluding hydrogens is 260 g/mol. The van der Waals surface area contributed by atoms with Gasteiger partial charge in [-0.2, -0.15) is 0 Å². The zero-order valence-electron chi connectivity index (χ0n) is 12.4. The molecule has 2 aromatic rings. The SMILES string of the molecule is CC(Cc1ccccc1)NC(=O)Cc1ccc(CN)cc1. The summed E-state index contributed by atoms with van der Waals surface area (Å²) < 4.78 is 0. The Hall–Kier alpha value is -2.13. The quantitative estimate of drug-likeness (QED) is 0.855. The molecule has 0 aliphatic carbocycles. The molecule has 1 atom stereocenters. The van der Waals surface area contributed by atoms with Gasteiger partial charge in [-0.15, -0.1) is 0 Å². The molecular formula is C18H22N2O. The molecule has 1 amide bonds. The number of benzene rings is 2. The lowest BCUT2D eigenvalue weighted by molar-refractivity contribution is -0.121. The van der Waals surface area contributed by atoms with Gasteiger partial charge < -0.3 is 11.1 Å². The molecule has 1 unspecified atom stereocenters. The molecule has 0 aliphatic rings. The maximum absolute atomic E-state index is 12.0. The number of amides is 1. The summed E-state index contributed by atoms with van der Waals surface area (Å²) in [5, 5.41) is 3.04. The molecule has 0 aromatic heterocycles. The van der Waals surface area contributed by atoms with Crippen LogP contribution in [-0.2, 0) is 24.2 Å². The van der Waals surface area contributed by atoms with E-state index in [-0.39, 0.29) is 11.9 Å². The molecule has 0 saturated carbocycles. The van der Waals surface area contributed by atoms with Crippen LogP contribution in [0.1, 0.15) is 23.6 Å². The highest BCUT2D eigenvalue weighted by Crippen LogP contribution is 2.06. The van der Waals surface area contributed by atoms with Gasteiger partial charge in [-0.05, 0) is 30.0 Å². The van der Waals surface area contributed by atoms with Crippen molar-refractivity contribution in [2.24, 2.45) is 5.73 Å². The Balaban J connectivity index is 1.83. The average molecular weight is 282 g/mol. The predicted octanol–water partition coefficient (Wildman–Crippen LogP) is 2.44. The summed E-state index contributed by atoms with van der Waals surface area (Å²) in [6, 6.07) is 18.2. The fourth-order valence-corrected chi connectivity index (χ4v) is 2.32. The Kier molecular flexibility index (Phi) is 5.52. The lowest BCUT2D eigenvalue weighted by Gasteiger charge is -2.14. The molecule has 2 aromatic carbocycles. The molecule has 2 rings (SSSR count). The van der Waals surface area contributed by atoms with Gasteiger partial charge in [0.25, 0.3) is 0 Å². The first-order valence-corrected chi connectivity index (χ1v) is 7.28. The Morgan fingerprint density at radius 1 is 1.00 bits per heavy atom. The maximum Gasteiger partial charge on any atom is 0.224 e. The van der Waals surface area contributed by atoms with Crippen molar-refractivity contribution in [1.82, 2.24) is 5.32 Å². The van der Waals surface area contributed by atoms with Crippen LogP contribution < -0.4 is 11.1 Å². The van der Waals surface area contributed by atoms with Crippen molar-refractivity contribution in [2.45, 2.75) is 32.4 Å². The van der Waals surface area contributed by atoms with E-state index in [1.807, 2.05) is 49.4 Å². The summed E-state index contributed by atoms with van der Waals surface area (Å²) in [5.41, 5.74) is 8.89. The van der Waals surface area contributed by atoms with Crippen LogP contribution in [0.3, 0.4) is 0 Å². The van der Waals surface area contributed by atoms with Crippen molar-refractivity contribution < 1.29 is 4.79 Å². The molecule has 0 saturated heterocycles. The molecule has 0 bridgehead atoms. The Morgan fingerprint density at radius 3 is 2.24 bits per heavy atom. The van der Waals surface area contributed by atoms with Crippen molar-refractivity contribution in [2.75, 3.05) is 0 Å². The van der Waals surface area contributed by atoms with Gasteiger partial charge in [-0.25, -0.2) is 0 Å². The van der Waals surface area contributed by atoms with E-state index in [4.69, 9.17) is 5.73 Å². The van der Waals surface area contributed by atoms with E-state index in [2.05, 4.69) is 17.4 Å². The number of nitrogens with two attached hydrogens (primary N) is 1. The molecule has 0 radical (unpaired) electrons. The molecule has 0 heterocycles. The van der Waals surface area contributed by atoms with Crippen LogP contribution >= 0.6 is 0 Å². The fraction of sp³-hybridized carbons (Fsp3) is 0.278. The molecule has 110 valence electrons. The maximum atomic E-state index is 12.0. The highest BCUT2D eigenvalue weighted by atomic mass is 16.1. The molecule has 0 fully saturated rings. The van der Waals surface area contributed by atoms with Crippen molar-refractivity contribution >= 4 is 5.91 Å². The number of nitrogens with one attached hydrogen (secondary N) is 1. The fourth-order valence-electron chi connectivity index (χ4n) is 2.32. The zero-order valence-corrected chi connectivity index (χ0v) is 12.4. The van der Waals surface area contributed by atoms with Gasteiger partial charge in [0, 0.05) is 12.6 Å². The number of carbonyl (C=O) groups excluding carboxylic acids is 1. The summed E-state index contributed by atoms with van der Waals surface area (Å²) >= 11 is 0. The van der Waals surface area contributed by atoms with Crippen molar-refractivity contribution in [1.29, 1.82) is 0 Å². The van der Waals surface area contributed by atoms with E-state index in [1.165, 1.54) is 5.56 Å². The first-order chi connectivity index (χ1) is 10.2. The molecule has 21 heavy (non-hydrogen) atoms. The van der Waals surface area contributed by atoms with Gasteiger partial charge in [-0.3, -0.25) is 4.79 Å². The summed E-state index contributed by atoms with van der Waals surface area (Å²) in [7, 11) is 0. The van der Waals surface area contributed by atoms with E-state index in [0.29, 0.717) is 13.0 Å². The smallest absolute Gasteiger partial charge is 0.224 e. The summed E-state index contributed by atoms with van der Waals surface area (Å²) in [4.78, 5) is 12.0. The second-order valence-electron chi connectivity index (χ2n) is 5.36. The summed E-state index contributed by atoms with van der Waals surface area (Å²) in [6.07, 6.45) is 1.25. The number of carbonyl (C=O) groups is 1. The van der Waals surface area contributed by atoms with E-state index in [0.717, 1.165) is 17.5 Å². The monoisotopic (exact) mass is 282 g/mol. The van der Waals surface area contributed by atoms with Gasteiger partial charge in [0.2, 0.25) is 5.91 Å². The normalized spacial score (nSPS) is 11.9. The van der Waals surface area contributed by atoms with Gasteiger partial charge in [0.1, 0.15) is 0 Å². The Bertz CT molecular complexity index is 564. The minimum atomic E-state index is 0.0546. The largest absolute Gasteiger partial charge is 0.353 e. The van der Waals surface area contributed by atoms with Gasteiger partial charge in [0.15, 0.2) is 0 Å². The number of rotatable bonds is 6. The first kappa shape index (κ1) is 15.3. The predicted molar refractivity (Wildman–Crippen MR) is 85.8 cm³/mol. The topological polar surface area (TPSA) is 55.1 Å². The third-order valence-electron chi connectivity index (χ3n) is 3.42. The van der Waals surface area contributed by atoms with Gasteiger partial charge in [-0.1, -0.05) is 54.6 Å². The van der Waals surface area contributed by atoms with Crippen LogP contribution in [0.4, 0.5) is 0 Å². The van der Waals surface area contributed by atoms with Gasteiger partial charge >= 0.3 is 0 Å². The number of hydrogen-bond donors (Lipinski definition) is 2. The van der Waals surface area contributed by atoms with Crippen molar-refractivity contribution in [3.8, 4) is 0 Å². The van der Waals surface area contributed by atoms with E-state index in [9.17, 15) is 4.79 Å². The van der Waals surface area contributed by atoms with Crippen LogP contribution in [0.15, 0.2) is 54.6 Å². The minimum absolute atomic E-state index is 0.0546. The van der Waals surface area contributed by atoms with E-state index >= 15 is 0 Å². The summed E-state index contributed by atoms with van der Waals surface area (Å²) in [5.74, 6) is 0.0546. The van der Waals surface area contributed by atoms with Gasteiger partial charge in [0.05, 0.1) is 6.42 Å². The lowest BCUT2D eigenvalue weighted by atomic mass is 10.1. The highest BCUT2D eigenvalue weighted by molar-refractivity contribution is 5.78. The lowest BCUT2D eigenvalue weighted by Crippen LogP contribution is -2.35. The third kappa shape index (κ3) is 5.04. The van der Waals surface area contributed by atoms with Crippen molar-refractivity contribution in [3.63, 3.8) is 0 Å². The second-order valence-corrected chi connectivity index (χ2v) is 5.36. The minimum Gasteiger partial charge on any atom is -0.353 e. The van der Waals surface area contributed by atoms with Crippen molar-refractivity contribution in [3.05, 3.63) is 71.3 Å². The Morgan fingerprint density at radius 2 is 1.62 bits per heavy atom. The molecule has 0 aliphatic heterocycles. The molecule has 3 heteroatoms. The van der Waals surface area contributed by atoms with Crippen LogP contribution in [-0.4, -0.2) is 11.9 Å². The molecule has 3 N–H and O–H groups in total. The summed E-state index contributed by atoms with van der Waals surface area (Å²) in [6.45, 7) is 2.56. The first-order valence-electron chi connectivity index (χ1n) is 7.28. The zero-order chi connectivity index (χ0) is 15.1. The van der Waals surface area contributed by atoms with Crippen LogP contribution in [0.25, 0.3) is 0 Å². The van der Waals surface area contributed by atoms with E-state index < -0.39 is 0 Å². The van der Waals surface area contributed by atoms with Crippen LogP contribution in [0.2, 0.25) is 0 Å². The number of hydrogen-bond acceptors (Lipinski definition) is 2. The highest BCUT2D eigenvalue weighted by Gasteiger charge is 2.08. The molecule has 3 nitrogen and oxygen atoms in total. The average Bonchev–Trinajstić information content (AvgIpc) is 2.48.